The molecule has 0 nitrogen and oxygen atoms in total. The van der Waals surface area contributed by atoms with Gasteiger partial charge >= 0.3 is 0 Å². The molecule has 0 amide bonds. The number of fused-ring (bicyclic) bond motifs is 12. The lowest BCUT2D eigenvalue weighted by Gasteiger charge is -2.14. The molecule has 2 heterocycles. The van der Waals surface area contributed by atoms with E-state index < -0.39 is 0 Å². The molecule has 252 valence electrons. The standard InChI is InChI=1S/C52H32S2/c1-2-7-19-41(39-22-10-8-20-37(39)35(18-6-1)33-16-4-3-5-17-33)42-30-29-36(38-21-9-11-23-40(38)42)34-28-31-48-46(32-34)49-43-24-12-13-25-44(43)51-50(52(49)54-48)45-26-14-15-27-47(45)53-51/h1-32H. The van der Waals surface area contributed by atoms with Crippen molar-refractivity contribution in [3.05, 3.63) is 194 Å². The van der Waals surface area contributed by atoms with Crippen molar-refractivity contribution in [2.75, 3.05) is 0 Å². The molecule has 2 heteroatoms. The van der Waals surface area contributed by atoms with E-state index in [2.05, 4.69) is 194 Å². The van der Waals surface area contributed by atoms with E-state index >= 15 is 0 Å². The van der Waals surface area contributed by atoms with Gasteiger partial charge in [0.25, 0.3) is 0 Å². The Balaban J connectivity index is 1.17. The van der Waals surface area contributed by atoms with Crippen LogP contribution in [0.2, 0.25) is 0 Å². The lowest BCUT2D eigenvalue weighted by atomic mass is 9.89. The van der Waals surface area contributed by atoms with Gasteiger partial charge in [-0.25, -0.2) is 0 Å². The molecule has 54 heavy (non-hydrogen) atoms. The van der Waals surface area contributed by atoms with Crippen molar-refractivity contribution in [1.82, 2.24) is 0 Å². The molecule has 0 bridgehead atoms. The molecule has 11 rings (SSSR count). The van der Waals surface area contributed by atoms with Gasteiger partial charge in [-0.1, -0.05) is 176 Å². The highest BCUT2D eigenvalue weighted by atomic mass is 32.1. The van der Waals surface area contributed by atoms with Crippen molar-refractivity contribution in [2.24, 2.45) is 0 Å². The van der Waals surface area contributed by atoms with Gasteiger partial charge in [-0.3, -0.25) is 0 Å². The zero-order chi connectivity index (χ0) is 35.6. The number of benzene rings is 8. The molecule has 0 atom stereocenters. The molecule has 11 aromatic rings. The Morgan fingerprint density at radius 1 is 0.241 bits per heavy atom. The Morgan fingerprint density at radius 3 is 1.43 bits per heavy atom. The van der Waals surface area contributed by atoms with E-state index in [1.54, 1.807) is 0 Å². The van der Waals surface area contributed by atoms with Gasteiger partial charge in [0.15, 0.2) is 0 Å². The van der Waals surface area contributed by atoms with E-state index in [-0.39, 0.29) is 0 Å². The summed E-state index contributed by atoms with van der Waals surface area (Å²) in [5, 5.41) is 13.1. The molecule has 0 fully saturated rings. The quantitative estimate of drug-likeness (QED) is 0.170. The summed E-state index contributed by atoms with van der Waals surface area (Å²) in [6.07, 6.45) is 0. The third-order valence-electron chi connectivity index (χ3n) is 10.9. The van der Waals surface area contributed by atoms with E-state index in [1.165, 1.54) is 106 Å². The maximum atomic E-state index is 2.45. The first-order valence-electron chi connectivity index (χ1n) is 18.4. The van der Waals surface area contributed by atoms with Gasteiger partial charge in [0.1, 0.15) is 0 Å². The van der Waals surface area contributed by atoms with Gasteiger partial charge in [-0.15, -0.1) is 22.7 Å². The minimum atomic E-state index is 1.20. The molecule has 0 saturated heterocycles. The normalized spacial score (nSPS) is 11.7. The van der Waals surface area contributed by atoms with Crippen LogP contribution in [0, 0.1) is 0 Å². The van der Waals surface area contributed by atoms with Crippen molar-refractivity contribution in [2.45, 2.75) is 0 Å². The lowest BCUT2D eigenvalue weighted by Crippen LogP contribution is -1.87. The van der Waals surface area contributed by atoms with Crippen molar-refractivity contribution in [3.8, 4) is 33.4 Å². The second kappa shape index (κ2) is 12.7. The van der Waals surface area contributed by atoms with E-state index in [9.17, 15) is 0 Å². The second-order valence-electron chi connectivity index (χ2n) is 13.9. The maximum Gasteiger partial charge on any atom is 0.0455 e. The van der Waals surface area contributed by atoms with Crippen molar-refractivity contribution in [1.29, 1.82) is 0 Å². The maximum absolute atomic E-state index is 2.45. The Hall–Kier alpha value is -6.32. The van der Waals surface area contributed by atoms with Crippen LogP contribution in [-0.2, 0) is 0 Å². The van der Waals surface area contributed by atoms with Crippen LogP contribution in [-0.4, -0.2) is 0 Å². The number of rotatable bonds is 3. The monoisotopic (exact) mass is 720 g/mol. The Kier molecular flexibility index (Phi) is 7.33. The summed E-state index contributed by atoms with van der Waals surface area (Å²) < 4.78 is 5.46. The Labute approximate surface area is 321 Å². The second-order valence-corrected chi connectivity index (χ2v) is 16.0. The smallest absolute Gasteiger partial charge is 0.0455 e. The summed E-state index contributed by atoms with van der Waals surface area (Å²) in [6.45, 7) is 0. The van der Waals surface area contributed by atoms with Gasteiger partial charge in [0, 0.05) is 45.7 Å². The molecular formula is C52H32S2. The fraction of sp³-hybridized carbons (Fsp3) is 0. The van der Waals surface area contributed by atoms with Crippen LogP contribution in [0.4, 0.5) is 0 Å². The fourth-order valence-electron chi connectivity index (χ4n) is 8.52. The van der Waals surface area contributed by atoms with Crippen molar-refractivity contribution >= 4 is 95.3 Å². The molecule has 0 saturated carbocycles. The van der Waals surface area contributed by atoms with Crippen LogP contribution in [0.25, 0.3) is 106 Å². The number of hydrogen-bond acceptors (Lipinski definition) is 2. The minimum absolute atomic E-state index is 1.20. The highest BCUT2D eigenvalue weighted by Gasteiger charge is 2.19. The molecule has 0 spiro atoms. The highest BCUT2D eigenvalue weighted by Crippen LogP contribution is 2.50. The van der Waals surface area contributed by atoms with Crippen molar-refractivity contribution in [3.63, 3.8) is 0 Å². The predicted octanol–water partition coefficient (Wildman–Crippen LogP) is 16.0. The largest absolute Gasteiger partial charge is 0.134 e. The average molecular weight is 721 g/mol. The average Bonchev–Trinajstić information content (AvgIpc) is 3.82. The summed E-state index contributed by atoms with van der Waals surface area (Å²) in [5.41, 5.74) is 7.34. The van der Waals surface area contributed by atoms with Gasteiger partial charge in [-0.2, -0.15) is 0 Å². The van der Waals surface area contributed by atoms with Gasteiger partial charge in [-0.05, 0) is 78.5 Å². The summed E-state index contributed by atoms with van der Waals surface area (Å²) in [5.74, 6) is 0. The molecule has 0 unspecified atom stereocenters. The number of hydrogen-bond donors (Lipinski definition) is 0. The first-order valence-corrected chi connectivity index (χ1v) is 20.1. The first-order chi connectivity index (χ1) is 26.8. The summed E-state index contributed by atoms with van der Waals surface area (Å²) in [4.78, 5) is 0. The Morgan fingerprint density at radius 2 is 0.704 bits per heavy atom. The molecule has 0 aliphatic heterocycles. The van der Waals surface area contributed by atoms with E-state index in [0.717, 1.165) is 0 Å². The highest BCUT2D eigenvalue weighted by molar-refractivity contribution is 7.30. The molecule has 0 aliphatic rings. The Bertz CT molecular complexity index is 3330. The van der Waals surface area contributed by atoms with Crippen LogP contribution in [0.5, 0.6) is 0 Å². The van der Waals surface area contributed by atoms with Crippen LogP contribution in [0.1, 0.15) is 0 Å². The lowest BCUT2D eigenvalue weighted by molar-refractivity contribution is 1.64. The molecule has 2 aromatic heterocycles. The van der Waals surface area contributed by atoms with Gasteiger partial charge in [0.05, 0.1) is 0 Å². The molecule has 0 radical (unpaired) electrons. The van der Waals surface area contributed by atoms with Crippen LogP contribution in [0.15, 0.2) is 194 Å². The van der Waals surface area contributed by atoms with E-state index in [1.807, 2.05) is 22.7 Å². The zero-order valence-corrected chi connectivity index (χ0v) is 30.9. The van der Waals surface area contributed by atoms with Crippen LogP contribution in [0.3, 0.4) is 0 Å². The van der Waals surface area contributed by atoms with Gasteiger partial charge in [0.2, 0.25) is 0 Å². The van der Waals surface area contributed by atoms with Crippen LogP contribution < -0.4 is 0 Å². The topological polar surface area (TPSA) is 0 Å². The molecule has 0 N–H and O–H groups in total. The molecule has 0 aliphatic carbocycles. The summed E-state index contributed by atoms with van der Waals surface area (Å²) >= 11 is 3.86. The number of thiophene rings is 2. The predicted molar refractivity (Wildman–Crippen MR) is 239 cm³/mol. The van der Waals surface area contributed by atoms with Crippen LogP contribution >= 0.6 is 22.7 Å². The van der Waals surface area contributed by atoms with Gasteiger partial charge < -0.3 is 0 Å². The first kappa shape index (κ1) is 31.2. The minimum Gasteiger partial charge on any atom is -0.134 e. The summed E-state index contributed by atoms with van der Waals surface area (Å²) in [6, 6.07) is 71.3. The molecular weight excluding hydrogens is 689 g/mol. The van der Waals surface area contributed by atoms with E-state index in [0.29, 0.717) is 0 Å². The third kappa shape index (κ3) is 4.88. The SMILES string of the molecule is c1ccc(-c2ccccccc(-c3ccc(-c4ccc5sc6c(c5c4)c4ccccc4c4sc5ccccc5c46)c4ccccc34)c3ccccc23)cc1. The van der Waals surface area contributed by atoms with Crippen molar-refractivity contribution < 1.29 is 0 Å². The van der Waals surface area contributed by atoms with E-state index in [4.69, 9.17) is 0 Å². The zero-order valence-electron chi connectivity index (χ0n) is 29.3. The fourth-order valence-corrected chi connectivity index (χ4v) is 11.1. The third-order valence-corrected chi connectivity index (χ3v) is 13.3. The summed E-state index contributed by atoms with van der Waals surface area (Å²) in [7, 11) is 0. The molecule has 9 aromatic carbocycles.